The summed E-state index contributed by atoms with van der Waals surface area (Å²) in [7, 11) is 0. The molecule has 1 N–H and O–H groups in total. The molecule has 1 aromatic rings. The number of halogens is 2. The van der Waals surface area contributed by atoms with Gasteiger partial charge in [0.1, 0.15) is 11.6 Å². The van der Waals surface area contributed by atoms with Gasteiger partial charge in [-0.15, -0.1) is 0 Å². The van der Waals surface area contributed by atoms with Crippen molar-refractivity contribution in [2.45, 2.75) is 13.0 Å². The molecule has 0 radical (unpaired) electrons. The minimum atomic E-state index is -0.525. The number of benzene rings is 1. The molecule has 0 spiro atoms. The molecule has 0 aliphatic heterocycles. The highest BCUT2D eigenvalue weighted by molar-refractivity contribution is 7.98. The second-order valence-electron chi connectivity index (χ2n) is 3.37. The summed E-state index contributed by atoms with van der Waals surface area (Å²) in [5, 5.41) is 3.20. The first-order chi connectivity index (χ1) is 7.13. The quantitative estimate of drug-likeness (QED) is 0.782. The van der Waals surface area contributed by atoms with Crippen molar-refractivity contribution in [2.75, 3.05) is 18.6 Å². The van der Waals surface area contributed by atoms with E-state index in [4.69, 9.17) is 0 Å². The van der Waals surface area contributed by atoms with Crippen LogP contribution in [0.3, 0.4) is 0 Å². The summed E-state index contributed by atoms with van der Waals surface area (Å²) < 4.78 is 25.8. The largest absolute Gasteiger partial charge is 0.309 e. The molecule has 84 valence electrons. The Balaban J connectivity index is 2.60. The number of hydrogen-bond acceptors (Lipinski definition) is 2. The van der Waals surface area contributed by atoms with Crippen LogP contribution in [0.4, 0.5) is 8.78 Å². The Morgan fingerprint density at radius 3 is 2.40 bits per heavy atom. The number of rotatable bonds is 5. The highest BCUT2D eigenvalue weighted by Gasteiger charge is 2.07. The Kier molecular flexibility index (Phi) is 5.05. The monoisotopic (exact) mass is 231 g/mol. The molecule has 1 atom stereocenters. The van der Waals surface area contributed by atoms with Crippen molar-refractivity contribution in [1.29, 1.82) is 0 Å². The Morgan fingerprint density at radius 2 is 1.87 bits per heavy atom. The van der Waals surface area contributed by atoms with Crippen LogP contribution >= 0.6 is 11.8 Å². The lowest BCUT2D eigenvalue weighted by molar-refractivity contribution is 0.556. The summed E-state index contributed by atoms with van der Waals surface area (Å²) in [6.45, 7) is 2.73. The van der Waals surface area contributed by atoms with Crippen LogP contribution in [-0.4, -0.2) is 18.6 Å². The second-order valence-corrected chi connectivity index (χ2v) is 4.36. The van der Waals surface area contributed by atoms with Gasteiger partial charge in [0.2, 0.25) is 0 Å². The van der Waals surface area contributed by atoms with Crippen molar-refractivity contribution >= 4 is 11.8 Å². The molecule has 0 saturated heterocycles. The van der Waals surface area contributed by atoms with Crippen molar-refractivity contribution in [3.8, 4) is 0 Å². The van der Waals surface area contributed by atoms with Crippen molar-refractivity contribution in [2.24, 2.45) is 0 Å². The number of thioether (sulfide) groups is 1. The fourth-order valence-electron chi connectivity index (χ4n) is 1.32. The first-order valence-electron chi connectivity index (χ1n) is 4.82. The molecule has 1 rings (SSSR count). The third-order valence-corrected chi connectivity index (χ3v) is 2.75. The zero-order chi connectivity index (χ0) is 11.3. The zero-order valence-electron chi connectivity index (χ0n) is 8.89. The first kappa shape index (κ1) is 12.5. The molecule has 1 nitrogen and oxygen atoms in total. The van der Waals surface area contributed by atoms with Crippen LogP contribution in [0.1, 0.15) is 18.5 Å². The first-order valence-corrected chi connectivity index (χ1v) is 6.21. The summed E-state index contributed by atoms with van der Waals surface area (Å²) in [6.07, 6.45) is 2.02. The van der Waals surface area contributed by atoms with Gasteiger partial charge < -0.3 is 5.32 Å². The van der Waals surface area contributed by atoms with E-state index in [1.807, 2.05) is 13.2 Å². The summed E-state index contributed by atoms with van der Waals surface area (Å²) in [4.78, 5) is 0. The minimum absolute atomic E-state index is 0.0256. The molecule has 15 heavy (non-hydrogen) atoms. The molecule has 1 aromatic carbocycles. The summed E-state index contributed by atoms with van der Waals surface area (Å²) in [5.74, 6) is -0.0608. The average molecular weight is 231 g/mol. The predicted octanol–water partition coefficient (Wildman–Crippen LogP) is 2.98. The highest BCUT2D eigenvalue weighted by Crippen LogP contribution is 2.15. The van der Waals surface area contributed by atoms with Gasteiger partial charge in [-0.1, -0.05) is 0 Å². The Hall–Kier alpha value is -0.610. The topological polar surface area (TPSA) is 12.0 Å². The molecular formula is C11H15F2NS. The van der Waals surface area contributed by atoms with E-state index in [0.717, 1.165) is 18.4 Å². The molecule has 0 amide bonds. The molecule has 0 aromatic heterocycles. The van der Waals surface area contributed by atoms with E-state index in [0.29, 0.717) is 5.56 Å². The summed E-state index contributed by atoms with van der Waals surface area (Å²) in [5.41, 5.74) is 0.647. The van der Waals surface area contributed by atoms with E-state index in [1.54, 1.807) is 11.8 Å². The Labute approximate surface area is 93.3 Å². The molecular weight excluding hydrogens is 216 g/mol. The van der Waals surface area contributed by atoms with Gasteiger partial charge in [-0.3, -0.25) is 0 Å². The van der Waals surface area contributed by atoms with Crippen LogP contribution in [0.15, 0.2) is 18.2 Å². The molecule has 0 aliphatic carbocycles. The van der Waals surface area contributed by atoms with Crippen LogP contribution < -0.4 is 5.32 Å². The van der Waals surface area contributed by atoms with E-state index in [-0.39, 0.29) is 6.04 Å². The van der Waals surface area contributed by atoms with Crippen molar-refractivity contribution < 1.29 is 8.78 Å². The third kappa shape index (κ3) is 4.18. The van der Waals surface area contributed by atoms with Gasteiger partial charge in [-0.25, -0.2) is 8.78 Å². The van der Waals surface area contributed by atoms with Crippen LogP contribution in [0.5, 0.6) is 0 Å². The number of hydrogen-bond donors (Lipinski definition) is 1. The lowest BCUT2D eigenvalue weighted by atomic mass is 10.1. The van der Waals surface area contributed by atoms with Gasteiger partial charge >= 0.3 is 0 Å². The number of nitrogens with one attached hydrogen (secondary N) is 1. The lowest BCUT2D eigenvalue weighted by Gasteiger charge is -2.13. The Morgan fingerprint density at radius 1 is 1.27 bits per heavy atom. The van der Waals surface area contributed by atoms with Crippen LogP contribution in [0.2, 0.25) is 0 Å². The van der Waals surface area contributed by atoms with Gasteiger partial charge in [-0.2, -0.15) is 11.8 Å². The molecule has 0 saturated carbocycles. The van der Waals surface area contributed by atoms with Gasteiger partial charge in [0.25, 0.3) is 0 Å². The van der Waals surface area contributed by atoms with Gasteiger partial charge in [0.05, 0.1) is 0 Å². The third-order valence-electron chi connectivity index (χ3n) is 2.14. The van der Waals surface area contributed by atoms with Gasteiger partial charge in [0.15, 0.2) is 0 Å². The zero-order valence-corrected chi connectivity index (χ0v) is 9.70. The fourth-order valence-corrected chi connectivity index (χ4v) is 1.64. The molecule has 0 heterocycles. The fraction of sp³-hybridized carbons (Fsp3) is 0.455. The summed E-state index contributed by atoms with van der Waals surface area (Å²) in [6, 6.07) is 3.58. The van der Waals surface area contributed by atoms with Gasteiger partial charge in [-0.05, 0) is 30.9 Å². The second kappa shape index (κ2) is 6.08. The SMILES string of the molecule is CSCCNC(C)c1cc(F)cc(F)c1. The lowest BCUT2D eigenvalue weighted by Crippen LogP contribution is -2.21. The highest BCUT2D eigenvalue weighted by atomic mass is 32.2. The van der Waals surface area contributed by atoms with Crippen LogP contribution in [0.25, 0.3) is 0 Å². The van der Waals surface area contributed by atoms with Gasteiger partial charge in [0, 0.05) is 24.4 Å². The van der Waals surface area contributed by atoms with E-state index in [9.17, 15) is 8.78 Å². The standard InChI is InChI=1S/C11H15F2NS/c1-8(14-3-4-15-2)9-5-10(12)7-11(13)6-9/h5-8,14H,3-4H2,1-2H3. The molecule has 1 unspecified atom stereocenters. The van der Waals surface area contributed by atoms with Crippen LogP contribution in [0, 0.1) is 11.6 Å². The maximum absolute atomic E-state index is 12.9. The maximum atomic E-state index is 12.9. The summed E-state index contributed by atoms with van der Waals surface area (Å²) >= 11 is 1.73. The maximum Gasteiger partial charge on any atom is 0.126 e. The average Bonchev–Trinajstić information content (AvgIpc) is 2.16. The van der Waals surface area contributed by atoms with Crippen molar-refractivity contribution in [3.63, 3.8) is 0 Å². The van der Waals surface area contributed by atoms with E-state index < -0.39 is 11.6 Å². The molecule has 0 aliphatic rings. The molecule has 0 fully saturated rings. The normalized spacial score (nSPS) is 12.8. The van der Waals surface area contributed by atoms with E-state index >= 15 is 0 Å². The predicted molar refractivity (Wildman–Crippen MR) is 61.2 cm³/mol. The Bertz CT molecular complexity index is 297. The minimum Gasteiger partial charge on any atom is -0.309 e. The van der Waals surface area contributed by atoms with E-state index in [1.165, 1.54) is 12.1 Å². The van der Waals surface area contributed by atoms with Crippen molar-refractivity contribution in [1.82, 2.24) is 5.32 Å². The molecule has 0 bridgehead atoms. The van der Waals surface area contributed by atoms with Crippen molar-refractivity contribution in [3.05, 3.63) is 35.4 Å². The van der Waals surface area contributed by atoms with Crippen LogP contribution in [-0.2, 0) is 0 Å². The smallest absolute Gasteiger partial charge is 0.126 e. The van der Waals surface area contributed by atoms with E-state index in [2.05, 4.69) is 5.32 Å². The molecule has 4 heteroatoms.